The van der Waals surface area contributed by atoms with Crippen molar-refractivity contribution in [1.29, 1.82) is 0 Å². The van der Waals surface area contributed by atoms with Gasteiger partial charge in [-0.3, -0.25) is 0 Å². The predicted octanol–water partition coefficient (Wildman–Crippen LogP) is 6.08. The molecule has 0 saturated carbocycles. The Morgan fingerprint density at radius 3 is 2.41 bits per heavy atom. The molecule has 2 aromatic heterocycles. The monoisotopic (exact) mass is 502 g/mol. The van der Waals surface area contributed by atoms with Crippen molar-refractivity contribution >= 4 is 44.1 Å². The van der Waals surface area contributed by atoms with Crippen molar-refractivity contribution in [1.82, 2.24) is 15.2 Å². The summed E-state index contributed by atoms with van der Waals surface area (Å²) in [7, 11) is 0. The zero-order chi connectivity index (χ0) is 23.7. The van der Waals surface area contributed by atoms with Gasteiger partial charge >= 0.3 is 12.2 Å². The molecule has 0 radical (unpaired) electrons. The molecule has 2 aromatic carbocycles. The number of urea groups is 1. The molecule has 0 spiro atoms. The third kappa shape index (κ3) is 4.88. The number of piperazine rings is 1. The average Bonchev–Trinajstić information content (AvgIpc) is 3.51. The van der Waals surface area contributed by atoms with Crippen molar-refractivity contribution in [3.63, 3.8) is 0 Å². The molecule has 1 saturated heterocycles. The van der Waals surface area contributed by atoms with Gasteiger partial charge in [-0.15, -0.1) is 11.3 Å². The molecule has 4 aromatic rings. The quantitative estimate of drug-likeness (QED) is 0.368. The number of anilines is 1. The van der Waals surface area contributed by atoms with Crippen LogP contribution < -0.4 is 10.2 Å². The van der Waals surface area contributed by atoms with E-state index in [4.69, 9.17) is 4.98 Å². The van der Waals surface area contributed by atoms with Crippen LogP contribution in [0.15, 0.2) is 60.0 Å². The smallest absolute Gasteiger partial charge is 0.345 e. The van der Waals surface area contributed by atoms with Gasteiger partial charge in [-0.2, -0.15) is 13.2 Å². The molecule has 5 rings (SSSR count). The minimum Gasteiger partial charge on any atom is -0.345 e. The number of hydrogen-bond acceptors (Lipinski definition) is 5. The van der Waals surface area contributed by atoms with Crippen molar-refractivity contribution in [3.8, 4) is 11.1 Å². The molecule has 1 aliphatic heterocycles. The SMILES string of the molecule is O=C(NCc1cccs1)N1CCN(c2nc3ccc(-c4ccc(C(F)(F)F)cc4)cc3s2)CC1. The fourth-order valence-corrected chi connectivity index (χ4v) is 5.57. The van der Waals surface area contributed by atoms with Gasteiger partial charge in [-0.25, -0.2) is 9.78 Å². The third-order valence-electron chi connectivity index (χ3n) is 5.75. The molecule has 10 heteroatoms. The number of aromatic nitrogens is 1. The zero-order valence-corrected chi connectivity index (χ0v) is 19.6. The van der Waals surface area contributed by atoms with Crippen LogP contribution in [-0.4, -0.2) is 42.1 Å². The van der Waals surface area contributed by atoms with Gasteiger partial charge in [0.05, 0.1) is 22.3 Å². The largest absolute Gasteiger partial charge is 0.416 e. The van der Waals surface area contributed by atoms with Crippen molar-refractivity contribution in [2.24, 2.45) is 0 Å². The first-order valence-corrected chi connectivity index (χ1v) is 12.4. The van der Waals surface area contributed by atoms with Crippen LogP contribution in [0.4, 0.5) is 23.1 Å². The summed E-state index contributed by atoms with van der Waals surface area (Å²) >= 11 is 3.17. The molecule has 0 unspecified atom stereocenters. The third-order valence-corrected chi connectivity index (χ3v) is 7.71. The lowest BCUT2D eigenvalue weighted by atomic mass is 10.0. The summed E-state index contributed by atoms with van der Waals surface area (Å²) in [6.45, 7) is 3.15. The van der Waals surface area contributed by atoms with Crippen LogP contribution >= 0.6 is 22.7 Å². The molecular formula is C24H21F3N4OS2. The standard InChI is InChI=1S/C24H21F3N4OS2/c25-24(26,27)18-6-3-16(4-7-18)17-5-8-20-21(14-17)34-23(29-20)31-11-9-30(10-12-31)22(32)28-15-19-2-1-13-33-19/h1-8,13-14H,9-12,15H2,(H,28,32). The van der Waals surface area contributed by atoms with E-state index in [1.54, 1.807) is 22.7 Å². The lowest BCUT2D eigenvalue weighted by Crippen LogP contribution is -2.51. The highest BCUT2D eigenvalue weighted by Gasteiger charge is 2.30. The van der Waals surface area contributed by atoms with Crippen LogP contribution in [0.1, 0.15) is 10.4 Å². The van der Waals surface area contributed by atoms with Gasteiger partial charge in [-0.05, 0) is 46.8 Å². The maximum Gasteiger partial charge on any atom is 0.416 e. The first-order chi connectivity index (χ1) is 16.4. The number of alkyl halides is 3. The highest BCUT2D eigenvalue weighted by molar-refractivity contribution is 7.22. The summed E-state index contributed by atoms with van der Waals surface area (Å²) in [6.07, 6.45) is -4.34. The van der Waals surface area contributed by atoms with Gasteiger partial charge < -0.3 is 15.1 Å². The number of thiazole rings is 1. The average molecular weight is 503 g/mol. The Bertz CT molecular complexity index is 1280. The lowest BCUT2D eigenvalue weighted by Gasteiger charge is -2.34. The van der Waals surface area contributed by atoms with E-state index in [-0.39, 0.29) is 6.03 Å². The predicted molar refractivity (Wildman–Crippen MR) is 130 cm³/mol. The van der Waals surface area contributed by atoms with Crippen molar-refractivity contribution in [2.45, 2.75) is 12.7 Å². The zero-order valence-electron chi connectivity index (χ0n) is 18.0. The number of fused-ring (bicyclic) bond motifs is 1. The summed E-state index contributed by atoms with van der Waals surface area (Å²) in [5.74, 6) is 0. The first-order valence-electron chi connectivity index (χ1n) is 10.8. The molecule has 34 heavy (non-hydrogen) atoms. The summed E-state index contributed by atoms with van der Waals surface area (Å²) in [5.41, 5.74) is 1.78. The molecule has 0 aliphatic carbocycles. The van der Waals surface area contributed by atoms with Crippen LogP contribution in [0.3, 0.4) is 0 Å². The number of carbonyl (C=O) groups is 1. The summed E-state index contributed by atoms with van der Waals surface area (Å²) in [6, 6.07) is 14.9. The number of halogens is 3. The van der Waals surface area contributed by atoms with Gasteiger partial charge in [0, 0.05) is 31.1 Å². The number of nitrogens with one attached hydrogen (secondary N) is 1. The van der Waals surface area contributed by atoms with E-state index in [0.29, 0.717) is 32.7 Å². The number of rotatable bonds is 4. The number of nitrogens with zero attached hydrogens (tertiary/aromatic N) is 3. The maximum atomic E-state index is 12.8. The Balaban J connectivity index is 1.23. The number of hydrogen-bond donors (Lipinski definition) is 1. The molecule has 2 amide bonds. The Kier molecular flexibility index (Phi) is 6.18. The van der Waals surface area contributed by atoms with E-state index in [0.717, 1.165) is 43.5 Å². The van der Waals surface area contributed by atoms with E-state index in [2.05, 4.69) is 10.2 Å². The van der Waals surface area contributed by atoms with Crippen molar-refractivity contribution in [3.05, 3.63) is 70.4 Å². The van der Waals surface area contributed by atoms with Crippen LogP contribution in [0.5, 0.6) is 0 Å². The fourth-order valence-electron chi connectivity index (χ4n) is 3.87. The second-order valence-electron chi connectivity index (χ2n) is 7.97. The molecule has 5 nitrogen and oxygen atoms in total. The summed E-state index contributed by atoms with van der Waals surface area (Å²) in [4.78, 5) is 22.3. The van der Waals surface area contributed by atoms with Crippen molar-refractivity contribution < 1.29 is 18.0 Å². The summed E-state index contributed by atoms with van der Waals surface area (Å²) < 4.78 is 39.5. The molecule has 0 atom stereocenters. The van der Waals surface area contributed by atoms with Crippen LogP contribution in [0, 0.1) is 0 Å². The Morgan fingerprint density at radius 1 is 1.00 bits per heavy atom. The van der Waals surface area contributed by atoms with E-state index >= 15 is 0 Å². The minimum atomic E-state index is -4.34. The van der Waals surface area contributed by atoms with Crippen LogP contribution in [0.25, 0.3) is 21.3 Å². The lowest BCUT2D eigenvalue weighted by molar-refractivity contribution is -0.137. The number of amides is 2. The minimum absolute atomic E-state index is 0.0569. The van der Waals surface area contributed by atoms with Gasteiger partial charge in [0.1, 0.15) is 0 Å². The van der Waals surface area contributed by atoms with E-state index < -0.39 is 11.7 Å². The molecule has 0 bridgehead atoms. The van der Waals surface area contributed by atoms with Gasteiger partial charge in [0.25, 0.3) is 0 Å². The molecule has 1 aliphatic rings. The van der Waals surface area contributed by atoms with E-state index in [1.165, 1.54) is 12.1 Å². The van der Waals surface area contributed by atoms with Gasteiger partial charge in [0.15, 0.2) is 5.13 Å². The topological polar surface area (TPSA) is 48.5 Å². The Labute approximate surface area is 202 Å². The van der Waals surface area contributed by atoms with Crippen LogP contribution in [-0.2, 0) is 12.7 Å². The normalized spacial score (nSPS) is 14.6. The molecule has 1 N–H and O–H groups in total. The Morgan fingerprint density at radius 2 is 1.74 bits per heavy atom. The highest BCUT2D eigenvalue weighted by atomic mass is 32.1. The fraction of sp³-hybridized carbons (Fsp3) is 0.250. The van der Waals surface area contributed by atoms with E-state index in [9.17, 15) is 18.0 Å². The molecular weight excluding hydrogens is 481 g/mol. The summed E-state index contributed by atoms with van der Waals surface area (Å²) in [5, 5.41) is 5.85. The van der Waals surface area contributed by atoms with Crippen molar-refractivity contribution in [2.75, 3.05) is 31.1 Å². The first kappa shape index (κ1) is 22.7. The highest BCUT2D eigenvalue weighted by Crippen LogP contribution is 2.34. The number of thiophene rings is 1. The van der Waals surface area contributed by atoms with E-state index in [1.807, 2.05) is 40.6 Å². The molecule has 1 fully saturated rings. The second-order valence-corrected chi connectivity index (χ2v) is 10.0. The molecule has 176 valence electrons. The van der Waals surface area contributed by atoms with Gasteiger partial charge in [0.2, 0.25) is 0 Å². The molecule has 3 heterocycles. The van der Waals surface area contributed by atoms with Gasteiger partial charge in [-0.1, -0.05) is 35.6 Å². The number of carbonyl (C=O) groups excluding carboxylic acids is 1. The Hall–Kier alpha value is -3.11. The maximum absolute atomic E-state index is 12.8. The van der Waals surface area contributed by atoms with Crippen LogP contribution in [0.2, 0.25) is 0 Å². The second kappa shape index (κ2) is 9.27. The number of benzene rings is 2.